The maximum Gasteiger partial charge on any atom is 0.243 e. The SMILES string of the molecule is N#CCCN(Cc1ccco1)S(=O)(=O)c1cc(Cl)cc(Cl)c1. The van der Waals surface area contributed by atoms with Crippen molar-refractivity contribution >= 4 is 33.2 Å². The van der Waals surface area contributed by atoms with Crippen molar-refractivity contribution in [2.45, 2.75) is 17.9 Å². The zero-order valence-electron chi connectivity index (χ0n) is 11.4. The Morgan fingerprint density at radius 3 is 2.45 bits per heavy atom. The molecule has 0 bridgehead atoms. The number of sulfonamides is 1. The van der Waals surface area contributed by atoms with Crippen molar-refractivity contribution in [2.24, 2.45) is 0 Å². The number of nitriles is 1. The van der Waals surface area contributed by atoms with E-state index in [2.05, 4.69) is 0 Å². The van der Waals surface area contributed by atoms with Crippen LogP contribution in [0, 0.1) is 11.3 Å². The van der Waals surface area contributed by atoms with Crippen LogP contribution >= 0.6 is 23.2 Å². The summed E-state index contributed by atoms with van der Waals surface area (Å²) in [7, 11) is -3.84. The largest absolute Gasteiger partial charge is 0.468 e. The first-order valence-electron chi connectivity index (χ1n) is 6.29. The summed E-state index contributed by atoms with van der Waals surface area (Å²) in [5.74, 6) is 0.481. The number of furan rings is 1. The van der Waals surface area contributed by atoms with E-state index in [1.807, 2.05) is 6.07 Å². The summed E-state index contributed by atoms with van der Waals surface area (Å²) in [5, 5.41) is 9.18. The summed E-state index contributed by atoms with van der Waals surface area (Å²) in [6, 6.07) is 9.37. The fraction of sp³-hybridized carbons (Fsp3) is 0.214. The Labute approximate surface area is 138 Å². The fourth-order valence-corrected chi connectivity index (χ4v) is 4.00. The zero-order chi connectivity index (χ0) is 16.2. The van der Waals surface area contributed by atoms with E-state index in [0.29, 0.717) is 5.76 Å². The normalized spacial score (nSPS) is 11.5. The van der Waals surface area contributed by atoms with Crippen molar-refractivity contribution in [3.63, 3.8) is 0 Å². The van der Waals surface area contributed by atoms with Crippen molar-refractivity contribution in [3.8, 4) is 6.07 Å². The van der Waals surface area contributed by atoms with Crippen LogP contribution in [0.1, 0.15) is 12.2 Å². The molecular formula is C14H12Cl2N2O3S. The standard InChI is InChI=1S/C14H12Cl2N2O3S/c15-11-7-12(16)9-14(8-11)22(19,20)18(5-2-4-17)10-13-3-1-6-21-13/h1,3,6-9H,2,5,10H2. The average molecular weight is 359 g/mol. The summed E-state index contributed by atoms with van der Waals surface area (Å²) in [6.07, 6.45) is 1.52. The third kappa shape index (κ3) is 4.02. The molecule has 0 aliphatic carbocycles. The van der Waals surface area contributed by atoms with Gasteiger partial charge in [0.15, 0.2) is 0 Å². The number of benzene rings is 1. The second kappa shape index (κ2) is 7.16. The highest BCUT2D eigenvalue weighted by atomic mass is 35.5. The first-order valence-corrected chi connectivity index (χ1v) is 8.48. The molecule has 0 aliphatic rings. The predicted octanol–water partition coefficient (Wildman–Crippen LogP) is 3.69. The van der Waals surface area contributed by atoms with Gasteiger partial charge in [0.1, 0.15) is 5.76 Å². The monoisotopic (exact) mass is 358 g/mol. The Bertz CT molecular complexity index is 763. The molecular weight excluding hydrogens is 347 g/mol. The molecule has 2 rings (SSSR count). The van der Waals surface area contributed by atoms with Gasteiger partial charge in [0.25, 0.3) is 0 Å². The van der Waals surface area contributed by atoms with Gasteiger partial charge < -0.3 is 4.42 Å². The Balaban J connectivity index is 2.37. The molecule has 0 spiro atoms. The van der Waals surface area contributed by atoms with Gasteiger partial charge in [-0.25, -0.2) is 8.42 Å². The maximum absolute atomic E-state index is 12.7. The van der Waals surface area contributed by atoms with E-state index in [4.69, 9.17) is 32.9 Å². The van der Waals surface area contributed by atoms with Gasteiger partial charge in [-0.3, -0.25) is 0 Å². The first-order chi connectivity index (χ1) is 10.4. The Morgan fingerprint density at radius 2 is 1.91 bits per heavy atom. The molecule has 0 fully saturated rings. The quantitative estimate of drug-likeness (QED) is 0.788. The smallest absolute Gasteiger partial charge is 0.243 e. The zero-order valence-corrected chi connectivity index (χ0v) is 13.7. The van der Waals surface area contributed by atoms with E-state index < -0.39 is 10.0 Å². The molecule has 0 unspecified atom stereocenters. The van der Waals surface area contributed by atoms with Crippen LogP contribution in [0.3, 0.4) is 0 Å². The van der Waals surface area contributed by atoms with Crippen LogP contribution in [0.15, 0.2) is 45.9 Å². The van der Waals surface area contributed by atoms with E-state index in [1.54, 1.807) is 12.1 Å². The second-order valence-electron chi connectivity index (χ2n) is 4.43. The van der Waals surface area contributed by atoms with Crippen LogP contribution in [0.25, 0.3) is 0 Å². The number of nitrogens with zero attached hydrogens (tertiary/aromatic N) is 2. The third-order valence-corrected chi connectivity index (χ3v) is 5.12. The second-order valence-corrected chi connectivity index (χ2v) is 7.24. The molecule has 1 aromatic heterocycles. The Kier molecular flexibility index (Phi) is 5.48. The molecule has 0 aliphatic heterocycles. The lowest BCUT2D eigenvalue weighted by Gasteiger charge is -2.20. The average Bonchev–Trinajstić information content (AvgIpc) is 2.95. The van der Waals surface area contributed by atoms with Crippen molar-refractivity contribution in [3.05, 3.63) is 52.4 Å². The highest BCUT2D eigenvalue weighted by molar-refractivity contribution is 7.89. The number of rotatable bonds is 6. The van der Waals surface area contributed by atoms with Crippen LogP contribution in [-0.2, 0) is 16.6 Å². The minimum Gasteiger partial charge on any atom is -0.468 e. The highest BCUT2D eigenvalue weighted by Gasteiger charge is 2.26. The molecule has 0 radical (unpaired) electrons. The molecule has 0 saturated carbocycles. The summed E-state index contributed by atoms with van der Waals surface area (Å²) in [6.45, 7) is 0.0742. The first kappa shape index (κ1) is 16.8. The minimum atomic E-state index is -3.84. The van der Waals surface area contributed by atoms with Crippen LogP contribution in [0.4, 0.5) is 0 Å². The summed E-state index contributed by atoms with van der Waals surface area (Å²) in [4.78, 5) is -0.0190. The van der Waals surface area contributed by atoms with Gasteiger partial charge in [-0.2, -0.15) is 9.57 Å². The molecule has 8 heteroatoms. The molecule has 116 valence electrons. The molecule has 1 aromatic carbocycles. The van der Waals surface area contributed by atoms with E-state index in [-0.39, 0.29) is 34.5 Å². The van der Waals surface area contributed by atoms with Crippen LogP contribution in [-0.4, -0.2) is 19.3 Å². The van der Waals surface area contributed by atoms with Crippen molar-refractivity contribution < 1.29 is 12.8 Å². The third-order valence-electron chi connectivity index (χ3n) is 2.86. The van der Waals surface area contributed by atoms with Crippen LogP contribution in [0.5, 0.6) is 0 Å². The van der Waals surface area contributed by atoms with Gasteiger partial charge in [0.05, 0.1) is 23.8 Å². The lowest BCUT2D eigenvalue weighted by atomic mass is 10.4. The van der Waals surface area contributed by atoms with Gasteiger partial charge in [-0.15, -0.1) is 0 Å². The molecule has 0 saturated heterocycles. The van der Waals surface area contributed by atoms with Crippen LogP contribution in [0.2, 0.25) is 10.0 Å². The topological polar surface area (TPSA) is 74.3 Å². The van der Waals surface area contributed by atoms with E-state index in [0.717, 1.165) is 4.31 Å². The van der Waals surface area contributed by atoms with Crippen molar-refractivity contribution in [2.75, 3.05) is 6.54 Å². The van der Waals surface area contributed by atoms with Gasteiger partial charge in [0.2, 0.25) is 10.0 Å². The Morgan fingerprint density at radius 1 is 1.23 bits per heavy atom. The van der Waals surface area contributed by atoms with Crippen LogP contribution < -0.4 is 0 Å². The van der Waals surface area contributed by atoms with Gasteiger partial charge in [0, 0.05) is 23.0 Å². The number of hydrogen-bond acceptors (Lipinski definition) is 4. The summed E-state index contributed by atoms with van der Waals surface area (Å²) >= 11 is 11.7. The number of hydrogen-bond donors (Lipinski definition) is 0. The van der Waals surface area contributed by atoms with Crippen molar-refractivity contribution in [1.82, 2.24) is 4.31 Å². The molecule has 2 aromatic rings. The molecule has 1 heterocycles. The lowest BCUT2D eigenvalue weighted by Crippen LogP contribution is -2.31. The predicted molar refractivity (Wildman–Crippen MR) is 83.0 cm³/mol. The Hall–Kier alpha value is -1.52. The lowest BCUT2D eigenvalue weighted by molar-refractivity contribution is 0.368. The fourth-order valence-electron chi connectivity index (χ4n) is 1.86. The molecule has 0 N–H and O–H groups in total. The molecule has 0 amide bonds. The molecule has 5 nitrogen and oxygen atoms in total. The molecule has 0 atom stereocenters. The van der Waals surface area contributed by atoms with E-state index >= 15 is 0 Å². The minimum absolute atomic E-state index is 0.0190. The van der Waals surface area contributed by atoms with Crippen molar-refractivity contribution in [1.29, 1.82) is 5.26 Å². The van der Waals surface area contributed by atoms with Gasteiger partial charge in [-0.1, -0.05) is 23.2 Å². The highest BCUT2D eigenvalue weighted by Crippen LogP contribution is 2.26. The number of halogens is 2. The van der Waals surface area contributed by atoms with Gasteiger partial charge in [-0.05, 0) is 30.3 Å². The maximum atomic E-state index is 12.7. The van der Waals surface area contributed by atoms with E-state index in [9.17, 15) is 8.42 Å². The summed E-state index contributed by atoms with van der Waals surface area (Å²) < 4.78 is 31.8. The molecule has 22 heavy (non-hydrogen) atoms. The van der Waals surface area contributed by atoms with Gasteiger partial charge >= 0.3 is 0 Å². The van der Waals surface area contributed by atoms with E-state index in [1.165, 1.54) is 24.5 Å². The summed E-state index contributed by atoms with van der Waals surface area (Å²) in [5.41, 5.74) is 0.